The molecule has 0 unspecified atom stereocenters. The normalized spacial score (nSPS) is 10.9. The first kappa shape index (κ1) is 20.9. The zero-order valence-electron chi connectivity index (χ0n) is 17.4. The van der Waals surface area contributed by atoms with E-state index < -0.39 is 0 Å². The van der Waals surface area contributed by atoms with Gasteiger partial charge in [0.2, 0.25) is 11.1 Å². The summed E-state index contributed by atoms with van der Waals surface area (Å²) < 4.78 is 7.03. The van der Waals surface area contributed by atoms with Gasteiger partial charge in [-0.25, -0.2) is 0 Å². The summed E-state index contributed by atoms with van der Waals surface area (Å²) in [6.07, 6.45) is 0.704. The Bertz CT molecular complexity index is 1190. The van der Waals surface area contributed by atoms with Crippen LogP contribution < -0.4 is 10.1 Å². The molecular weight excluding hydrogens is 410 g/mol. The lowest BCUT2D eigenvalue weighted by atomic mass is 10.1. The van der Waals surface area contributed by atoms with E-state index in [0.717, 1.165) is 22.6 Å². The van der Waals surface area contributed by atoms with E-state index in [2.05, 4.69) is 39.7 Å². The minimum absolute atomic E-state index is 0.0636. The number of carbonyl (C=O) groups is 1. The van der Waals surface area contributed by atoms with Crippen molar-refractivity contribution in [1.29, 1.82) is 0 Å². The van der Waals surface area contributed by atoms with Crippen LogP contribution in [0.4, 0.5) is 0 Å². The van der Waals surface area contributed by atoms with Gasteiger partial charge >= 0.3 is 0 Å². The number of nitrogens with one attached hydrogen (secondary N) is 1. The minimum Gasteiger partial charge on any atom is -0.496 e. The molecule has 8 heteroatoms. The first-order valence-electron chi connectivity index (χ1n) is 9.95. The fourth-order valence-corrected chi connectivity index (χ4v) is 3.88. The molecule has 0 spiro atoms. The van der Waals surface area contributed by atoms with Crippen molar-refractivity contribution in [3.05, 3.63) is 71.8 Å². The lowest BCUT2D eigenvalue weighted by molar-refractivity contribution is -0.118. The topological polar surface area (TPSA) is 81.4 Å². The van der Waals surface area contributed by atoms with Crippen LogP contribution in [-0.2, 0) is 11.2 Å². The molecule has 0 aliphatic rings. The molecule has 0 saturated heterocycles. The number of hydrogen-bond donors (Lipinski definition) is 1. The number of fused-ring (bicyclic) bond motifs is 1. The van der Waals surface area contributed by atoms with Gasteiger partial charge in [0, 0.05) is 12.1 Å². The number of aryl methyl sites for hydroxylation is 1. The average molecular weight is 434 g/mol. The molecule has 7 nitrogen and oxygen atoms in total. The van der Waals surface area contributed by atoms with Crippen molar-refractivity contribution in [2.24, 2.45) is 0 Å². The number of benzene rings is 2. The molecule has 4 aromatic rings. The SMILES string of the molecule is COc1ccccc1CCNC(=O)CSc1nnc2ccc(-c3ccc(C)cc3)nn12. The minimum atomic E-state index is -0.0636. The highest BCUT2D eigenvalue weighted by atomic mass is 32.2. The van der Waals surface area contributed by atoms with E-state index in [9.17, 15) is 4.79 Å². The molecule has 158 valence electrons. The van der Waals surface area contributed by atoms with E-state index in [4.69, 9.17) is 4.74 Å². The van der Waals surface area contributed by atoms with Gasteiger partial charge in [-0.15, -0.1) is 10.2 Å². The Morgan fingerprint density at radius 1 is 1.06 bits per heavy atom. The number of carbonyl (C=O) groups excluding carboxylic acids is 1. The van der Waals surface area contributed by atoms with E-state index in [1.807, 2.05) is 48.5 Å². The molecule has 0 fully saturated rings. The zero-order valence-corrected chi connectivity index (χ0v) is 18.2. The molecule has 2 aromatic heterocycles. The number of aromatic nitrogens is 4. The largest absolute Gasteiger partial charge is 0.496 e. The molecule has 0 bridgehead atoms. The van der Waals surface area contributed by atoms with Gasteiger partial charge in [-0.3, -0.25) is 4.79 Å². The van der Waals surface area contributed by atoms with Crippen LogP contribution in [0, 0.1) is 6.92 Å². The van der Waals surface area contributed by atoms with Crippen molar-refractivity contribution in [3.63, 3.8) is 0 Å². The molecule has 4 rings (SSSR count). The van der Waals surface area contributed by atoms with Gasteiger partial charge in [-0.05, 0) is 37.1 Å². The van der Waals surface area contributed by atoms with Crippen LogP contribution in [0.3, 0.4) is 0 Å². The predicted molar refractivity (Wildman–Crippen MR) is 121 cm³/mol. The van der Waals surface area contributed by atoms with Crippen LogP contribution in [0.2, 0.25) is 0 Å². The van der Waals surface area contributed by atoms with Crippen LogP contribution in [0.15, 0.2) is 65.8 Å². The lowest BCUT2D eigenvalue weighted by Crippen LogP contribution is -2.27. The van der Waals surface area contributed by atoms with Gasteiger partial charge in [-0.2, -0.15) is 9.61 Å². The van der Waals surface area contributed by atoms with Gasteiger partial charge < -0.3 is 10.1 Å². The van der Waals surface area contributed by atoms with Gasteiger partial charge in [-0.1, -0.05) is 59.8 Å². The van der Waals surface area contributed by atoms with E-state index >= 15 is 0 Å². The fraction of sp³-hybridized carbons (Fsp3) is 0.217. The van der Waals surface area contributed by atoms with E-state index in [-0.39, 0.29) is 11.7 Å². The Balaban J connectivity index is 1.36. The van der Waals surface area contributed by atoms with Crippen molar-refractivity contribution in [3.8, 4) is 17.0 Å². The van der Waals surface area contributed by atoms with E-state index in [1.54, 1.807) is 11.6 Å². The van der Waals surface area contributed by atoms with Crippen molar-refractivity contribution in [2.75, 3.05) is 19.4 Å². The lowest BCUT2D eigenvalue weighted by Gasteiger charge is -2.09. The fourth-order valence-electron chi connectivity index (χ4n) is 3.16. The van der Waals surface area contributed by atoms with E-state index in [1.165, 1.54) is 17.3 Å². The van der Waals surface area contributed by atoms with Crippen LogP contribution >= 0.6 is 11.8 Å². The molecule has 0 atom stereocenters. The number of nitrogens with zero attached hydrogens (tertiary/aromatic N) is 4. The third-order valence-electron chi connectivity index (χ3n) is 4.82. The highest BCUT2D eigenvalue weighted by Gasteiger charge is 2.12. The number of amides is 1. The molecule has 1 amide bonds. The number of rotatable bonds is 8. The number of ether oxygens (including phenoxy) is 1. The summed E-state index contributed by atoms with van der Waals surface area (Å²) in [5, 5.41) is 16.5. The monoisotopic (exact) mass is 433 g/mol. The van der Waals surface area contributed by atoms with Crippen LogP contribution in [0.5, 0.6) is 5.75 Å². The number of methoxy groups -OCH3 is 1. The predicted octanol–water partition coefficient (Wildman–Crippen LogP) is 3.56. The molecule has 0 aliphatic carbocycles. The molecule has 0 aliphatic heterocycles. The summed E-state index contributed by atoms with van der Waals surface area (Å²) in [5.74, 6) is 1.01. The Morgan fingerprint density at radius 2 is 1.87 bits per heavy atom. The van der Waals surface area contributed by atoms with Crippen LogP contribution in [0.1, 0.15) is 11.1 Å². The maximum absolute atomic E-state index is 12.3. The van der Waals surface area contributed by atoms with Crippen molar-refractivity contribution in [2.45, 2.75) is 18.5 Å². The van der Waals surface area contributed by atoms with Crippen molar-refractivity contribution in [1.82, 2.24) is 25.1 Å². The molecule has 31 heavy (non-hydrogen) atoms. The third-order valence-corrected chi connectivity index (χ3v) is 5.74. The second-order valence-corrected chi connectivity index (χ2v) is 7.98. The molecule has 1 N–H and O–H groups in total. The van der Waals surface area contributed by atoms with Gasteiger partial charge in [0.15, 0.2) is 5.65 Å². The van der Waals surface area contributed by atoms with Gasteiger partial charge in [0.25, 0.3) is 0 Å². The smallest absolute Gasteiger partial charge is 0.230 e. The number of hydrogen-bond acceptors (Lipinski definition) is 6. The summed E-state index contributed by atoms with van der Waals surface area (Å²) in [6.45, 7) is 2.59. The standard InChI is InChI=1S/C23H23N5O2S/c1-16-7-9-17(10-8-16)19-11-12-21-25-26-23(28(21)27-19)31-15-22(29)24-14-13-18-5-3-4-6-20(18)30-2/h3-12H,13-15H2,1-2H3,(H,24,29). The second-order valence-electron chi connectivity index (χ2n) is 7.04. The highest BCUT2D eigenvalue weighted by molar-refractivity contribution is 7.99. The molecule has 2 heterocycles. The average Bonchev–Trinajstić information content (AvgIpc) is 3.21. The zero-order chi connectivity index (χ0) is 21.6. The van der Waals surface area contributed by atoms with E-state index in [0.29, 0.717) is 23.8 Å². The second kappa shape index (κ2) is 9.61. The van der Waals surface area contributed by atoms with Gasteiger partial charge in [0.1, 0.15) is 5.75 Å². The number of para-hydroxylation sites is 1. The number of thioether (sulfide) groups is 1. The summed E-state index contributed by atoms with van der Waals surface area (Å²) in [7, 11) is 1.65. The quantitative estimate of drug-likeness (QED) is 0.428. The molecule has 0 saturated carbocycles. The Labute approximate surface area is 184 Å². The first-order chi connectivity index (χ1) is 15.1. The Kier molecular flexibility index (Phi) is 6.47. The van der Waals surface area contributed by atoms with Gasteiger partial charge in [0.05, 0.1) is 18.6 Å². The maximum Gasteiger partial charge on any atom is 0.230 e. The molecule has 2 aromatic carbocycles. The maximum atomic E-state index is 12.3. The van der Waals surface area contributed by atoms with Crippen LogP contribution in [-0.4, -0.2) is 45.1 Å². The van der Waals surface area contributed by atoms with Crippen molar-refractivity contribution < 1.29 is 9.53 Å². The first-order valence-corrected chi connectivity index (χ1v) is 10.9. The summed E-state index contributed by atoms with van der Waals surface area (Å²) in [6, 6.07) is 19.8. The van der Waals surface area contributed by atoms with Crippen LogP contribution in [0.25, 0.3) is 16.9 Å². The summed E-state index contributed by atoms with van der Waals surface area (Å²) >= 11 is 1.32. The Morgan fingerprint density at radius 3 is 2.68 bits per heavy atom. The summed E-state index contributed by atoms with van der Waals surface area (Å²) in [4.78, 5) is 12.3. The summed E-state index contributed by atoms with van der Waals surface area (Å²) in [5.41, 5.74) is 4.76. The molecular formula is C23H23N5O2S. The molecule has 0 radical (unpaired) electrons. The Hall–Kier alpha value is -3.39. The third kappa shape index (κ3) is 5.03. The van der Waals surface area contributed by atoms with Crippen molar-refractivity contribution >= 4 is 23.3 Å². The highest BCUT2D eigenvalue weighted by Crippen LogP contribution is 2.21.